The van der Waals surface area contributed by atoms with Crippen molar-refractivity contribution in [1.29, 1.82) is 0 Å². The van der Waals surface area contributed by atoms with Crippen LogP contribution in [0.3, 0.4) is 0 Å². The van der Waals surface area contributed by atoms with Crippen LogP contribution in [0.15, 0.2) is 47.6 Å². The molecule has 1 aromatic carbocycles. The van der Waals surface area contributed by atoms with E-state index in [1.54, 1.807) is 37.3 Å². The zero-order valence-electron chi connectivity index (χ0n) is 10.8. The summed E-state index contributed by atoms with van der Waals surface area (Å²) in [6, 6.07) is 9.42. The number of amides is 1. The number of carbonyl (C=O) groups is 1. The van der Waals surface area contributed by atoms with Gasteiger partial charge < -0.3 is 10.6 Å². The van der Waals surface area contributed by atoms with E-state index in [4.69, 9.17) is 0 Å². The predicted molar refractivity (Wildman–Crippen MR) is 80.0 cm³/mol. The summed E-state index contributed by atoms with van der Waals surface area (Å²) in [6.07, 6.45) is 5.22. The van der Waals surface area contributed by atoms with Crippen LogP contribution in [0.1, 0.15) is 10.4 Å². The third-order valence-corrected chi connectivity index (χ3v) is 3.49. The lowest BCUT2D eigenvalue weighted by Crippen LogP contribution is -2.14. The molecule has 19 heavy (non-hydrogen) atoms. The summed E-state index contributed by atoms with van der Waals surface area (Å²) in [5.74, 6) is -0.145. The Morgan fingerprint density at radius 3 is 2.74 bits per heavy atom. The molecular formula is C14H15N3OS. The average Bonchev–Trinajstić information content (AvgIpc) is 2.47. The van der Waals surface area contributed by atoms with Gasteiger partial charge in [-0.25, -0.2) is 0 Å². The Hall–Kier alpha value is -2.01. The first-order valence-electron chi connectivity index (χ1n) is 5.82. The fraction of sp³-hybridized carbons (Fsp3) is 0.143. The number of para-hydroxylation sites is 1. The van der Waals surface area contributed by atoms with Gasteiger partial charge >= 0.3 is 0 Å². The molecule has 0 aliphatic rings. The van der Waals surface area contributed by atoms with Gasteiger partial charge in [-0.15, -0.1) is 11.8 Å². The number of thioether (sulfide) groups is 1. The Morgan fingerprint density at radius 2 is 2.00 bits per heavy atom. The molecule has 0 aliphatic heterocycles. The van der Waals surface area contributed by atoms with E-state index in [9.17, 15) is 4.79 Å². The van der Waals surface area contributed by atoms with Gasteiger partial charge in [-0.05, 0) is 24.5 Å². The SMILES string of the molecule is CNc1cnccc1C(=O)Nc1ccccc1SC. The Labute approximate surface area is 116 Å². The summed E-state index contributed by atoms with van der Waals surface area (Å²) < 4.78 is 0. The maximum absolute atomic E-state index is 12.3. The van der Waals surface area contributed by atoms with Crippen molar-refractivity contribution < 1.29 is 4.79 Å². The molecule has 0 radical (unpaired) electrons. The minimum Gasteiger partial charge on any atom is -0.386 e. The van der Waals surface area contributed by atoms with E-state index >= 15 is 0 Å². The van der Waals surface area contributed by atoms with Gasteiger partial charge in [0.25, 0.3) is 5.91 Å². The summed E-state index contributed by atoms with van der Waals surface area (Å²) in [5.41, 5.74) is 2.11. The van der Waals surface area contributed by atoms with Crippen LogP contribution in [0.5, 0.6) is 0 Å². The van der Waals surface area contributed by atoms with E-state index in [0.29, 0.717) is 11.3 Å². The molecule has 0 saturated heterocycles. The van der Waals surface area contributed by atoms with Gasteiger partial charge in [0.15, 0.2) is 0 Å². The zero-order chi connectivity index (χ0) is 13.7. The summed E-state index contributed by atoms with van der Waals surface area (Å²) in [6.45, 7) is 0. The van der Waals surface area contributed by atoms with E-state index < -0.39 is 0 Å². The highest BCUT2D eigenvalue weighted by Crippen LogP contribution is 2.25. The molecule has 0 aliphatic carbocycles. The molecule has 0 saturated carbocycles. The van der Waals surface area contributed by atoms with Crippen molar-refractivity contribution >= 4 is 29.0 Å². The Bertz CT molecular complexity index is 586. The largest absolute Gasteiger partial charge is 0.386 e. The molecule has 1 heterocycles. The summed E-state index contributed by atoms with van der Waals surface area (Å²) in [4.78, 5) is 17.3. The minimum absolute atomic E-state index is 0.145. The van der Waals surface area contributed by atoms with E-state index in [-0.39, 0.29) is 5.91 Å². The van der Waals surface area contributed by atoms with Crippen molar-refractivity contribution in [2.75, 3.05) is 23.9 Å². The Balaban J connectivity index is 2.26. The van der Waals surface area contributed by atoms with Crippen LogP contribution in [-0.2, 0) is 0 Å². The standard InChI is InChI=1S/C14H15N3OS/c1-15-12-9-16-8-7-10(12)14(18)17-11-5-3-4-6-13(11)19-2/h3-9,15H,1-2H3,(H,17,18). The number of aromatic nitrogens is 1. The van der Waals surface area contributed by atoms with Crippen LogP contribution in [0, 0.1) is 0 Å². The molecule has 5 heteroatoms. The molecule has 0 spiro atoms. The van der Waals surface area contributed by atoms with Gasteiger partial charge in [-0.3, -0.25) is 9.78 Å². The van der Waals surface area contributed by atoms with Crippen LogP contribution < -0.4 is 10.6 Å². The molecule has 0 fully saturated rings. The van der Waals surface area contributed by atoms with Crippen molar-refractivity contribution in [1.82, 2.24) is 4.98 Å². The zero-order valence-corrected chi connectivity index (χ0v) is 11.6. The molecule has 98 valence electrons. The van der Waals surface area contributed by atoms with Gasteiger partial charge in [0.05, 0.1) is 23.1 Å². The summed E-state index contributed by atoms with van der Waals surface area (Å²) in [7, 11) is 1.77. The van der Waals surface area contributed by atoms with Crippen LogP contribution in [0.25, 0.3) is 0 Å². The number of carbonyl (C=O) groups excluding carboxylic acids is 1. The lowest BCUT2D eigenvalue weighted by Gasteiger charge is -2.11. The smallest absolute Gasteiger partial charge is 0.257 e. The van der Waals surface area contributed by atoms with Gasteiger partial charge in [0.2, 0.25) is 0 Å². The molecular weight excluding hydrogens is 258 g/mol. The van der Waals surface area contributed by atoms with E-state index in [0.717, 1.165) is 10.6 Å². The third-order valence-electron chi connectivity index (χ3n) is 2.69. The number of nitrogens with zero attached hydrogens (tertiary/aromatic N) is 1. The number of benzene rings is 1. The van der Waals surface area contributed by atoms with Gasteiger partial charge in [0.1, 0.15) is 0 Å². The normalized spacial score (nSPS) is 10.0. The van der Waals surface area contributed by atoms with Crippen molar-refractivity contribution in [3.63, 3.8) is 0 Å². The highest BCUT2D eigenvalue weighted by atomic mass is 32.2. The monoisotopic (exact) mass is 273 g/mol. The fourth-order valence-electron chi connectivity index (χ4n) is 1.73. The predicted octanol–water partition coefficient (Wildman–Crippen LogP) is 3.10. The van der Waals surface area contributed by atoms with E-state index in [1.807, 2.05) is 30.5 Å². The van der Waals surface area contributed by atoms with Gasteiger partial charge in [-0.1, -0.05) is 12.1 Å². The van der Waals surface area contributed by atoms with Crippen molar-refractivity contribution in [3.8, 4) is 0 Å². The lowest BCUT2D eigenvalue weighted by molar-refractivity contribution is 0.102. The number of hydrogen-bond acceptors (Lipinski definition) is 4. The Morgan fingerprint density at radius 1 is 1.21 bits per heavy atom. The average molecular weight is 273 g/mol. The number of anilines is 2. The van der Waals surface area contributed by atoms with Gasteiger partial charge in [-0.2, -0.15) is 0 Å². The molecule has 2 N–H and O–H groups in total. The molecule has 1 amide bonds. The maximum atomic E-state index is 12.3. The lowest BCUT2D eigenvalue weighted by atomic mass is 10.2. The second-order valence-corrected chi connectivity index (χ2v) is 4.67. The summed E-state index contributed by atoms with van der Waals surface area (Å²) >= 11 is 1.60. The topological polar surface area (TPSA) is 54.0 Å². The molecule has 0 bridgehead atoms. The van der Waals surface area contributed by atoms with Crippen LogP contribution in [-0.4, -0.2) is 24.2 Å². The molecule has 2 aromatic rings. The van der Waals surface area contributed by atoms with Gasteiger partial charge in [0, 0.05) is 18.1 Å². The van der Waals surface area contributed by atoms with Crippen LogP contribution in [0.4, 0.5) is 11.4 Å². The molecule has 4 nitrogen and oxygen atoms in total. The van der Waals surface area contributed by atoms with E-state index in [2.05, 4.69) is 15.6 Å². The Kier molecular flexibility index (Phi) is 4.41. The molecule has 1 aromatic heterocycles. The first kappa shape index (κ1) is 13.4. The first-order chi connectivity index (χ1) is 9.26. The van der Waals surface area contributed by atoms with Crippen LogP contribution >= 0.6 is 11.8 Å². The van der Waals surface area contributed by atoms with E-state index in [1.165, 1.54) is 0 Å². The van der Waals surface area contributed by atoms with Crippen molar-refractivity contribution in [3.05, 3.63) is 48.3 Å². The second-order valence-electron chi connectivity index (χ2n) is 3.83. The third kappa shape index (κ3) is 3.06. The number of pyridine rings is 1. The van der Waals surface area contributed by atoms with Crippen molar-refractivity contribution in [2.24, 2.45) is 0 Å². The minimum atomic E-state index is -0.145. The maximum Gasteiger partial charge on any atom is 0.257 e. The number of hydrogen-bond donors (Lipinski definition) is 2. The molecule has 2 rings (SSSR count). The highest BCUT2D eigenvalue weighted by molar-refractivity contribution is 7.98. The molecule has 0 atom stereocenters. The summed E-state index contributed by atoms with van der Waals surface area (Å²) in [5, 5.41) is 5.89. The highest BCUT2D eigenvalue weighted by Gasteiger charge is 2.12. The van der Waals surface area contributed by atoms with Crippen LogP contribution in [0.2, 0.25) is 0 Å². The quantitative estimate of drug-likeness (QED) is 0.840. The number of rotatable bonds is 4. The van der Waals surface area contributed by atoms with Crippen molar-refractivity contribution in [2.45, 2.75) is 4.90 Å². The second kappa shape index (κ2) is 6.24. The fourth-order valence-corrected chi connectivity index (χ4v) is 2.28. The first-order valence-corrected chi connectivity index (χ1v) is 7.05. The molecule has 0 unspecified atom stereocenters. The number of nitrogens with one attached hydrogen (secondary N) is 2.